The highest BCUT2D eigenvalue weighted by Crippen LogP contribution is 2.11. The quantitative estimate of drug-likeness (QED) is 0.446. The fraction of sp³-hybridized carbons (Fsp3) is 0.471. The monoisotopic (exact) mass is 274 g/mol. The number of hydrogen-bond acceptors (Lipinski definition) is 3. The minimum atomic E-state index is -0.450. The summed E-state index contributed by atoms with van der Waals surface area (Å²) >= 11 is 0. The molecule has 0 aliphatic carbocycles. The maximum Gasteiger partial charge on any atom is 0.149 e. The van der Waals surface area contributed by atoms with Gasteiger partial charge in [0.2, 0.25) is 0 Å². The molecule has 0 aromatic heterocycles. The van der Waals surface area contributed by atoms with Crippen LogP contribution in [0.3, 0.4) is 0 Å². The van der Waals surface area contributed by atoms with E-state index in [0.717, 1.165) is 25.0 Å². The minimum absolute atomic E-state index is 0.133. The molecule has 0 aliphatic rings. The highest BCUT2D eigenvalue weighted by molar-refractivity contribution is 5.92. The molecule has 0 fully saturated rings. The Morgan fingerprint density at radius 2 is 2.05 bits per heavy atom. The first kappa shape index (κ1) is 16.4. The highest BCUT2D eigenvalue weighted by Gasteiger charge is 2.20. The van der Waals surface area contributed by atoms with Gasteiger partial charge >= 0.3 is 0 Å². The summed E-state index contributed by atoms with van der Waals surface area (Å²) in [6.07, 6.45) is 4.26. The van der Waals surface area contributed by atoms with Gasteiger partial charge in [0.15, 0.2) is 0 Å². The van der Waals surface area contributed by atoms with Gasteiger partial charge in [-0.1, -0.05) is 55.4 Å². The van der Waals surface area contributed by atoms with Crippen molar-refractivity contribution in [3.63, 3.8) is 0 Å². The van der Waals surface area contributed by atoms with Crippen LogP contribution in [0.1, 0.15) is 39.2 Å². The van der Waals surface area contributed by atoms with Crippen LogP contribution in [0.15, 0.2) is 48.1 Å². The molecule has 0 spiro atoms. The molecule has 0 amide bonds. The van der Waals surface area contributed by atoms with Gasteiger partial charge in [-0.2, -0.15) is 0 Å². The van der Waals surface area contributed by atoms with Crippen molar-refractivity contribution >= 4 is 5.71 Å². The van der Waals surface area contributed by atoms with E-state index in [9.17, 15) is 0 Å². The molecular weight excluding hydrogens is 248 g/mol. The summed E-state index contributed by atoms with van der Waals surface area (Å²) in [5.74, 6) is 0. The maximum absolute atomic E-state index is 6.11. The minimum Gasteiger partial charge on any atom is -0.388 e. The van der Waals surface area contributed by atoms with Crippen molar-refractivity contribution in [3.05, 3.63) is 48.6 Å². The van der Waals surface area contributed by atoms with Crippen LogP contribution in [0.25, 0.3) is 0 Å². The Morgan fingerprint density at radius 1 is 1.40 bits per heavy atom. The van der Waals surface area contributed by atoms with Crippen LogP contribution >= 0.6 is 0 Å². The largest absolute Gasteiger partial charge is 0.388 e. The van der Waals surface area contributed by atoms with Crippen molar-refractivity contribution in [2.45, 2.75) is 51.7 Å². The van der Waals surface area contributed by atoms with Gasteiger partial charge in [-0.25, -0.2) is 0 Å². The molecule has 0 aliphatic heterocycles. The van der Waals surface area contributed by atoms with Crippen molar-refractivity contribution in [1.29, 1.82) is 0 Å². The molecule has 0 bridgehead atoms. The second-order valence-electron chi connectivity index (χ2n) is 5.58. The summed E-state index contributed by atoms with van der Waals surface area (Å²) in [5.41, 5.74) is 7.75. The van der Waals surface area contributed by atoms with E-state index in [1.807, 2.05) is 32.0 Å². The smallest absolute Gasteiger partial charge is 0.149 e. The molecule has 1 rings (SSSR count). The molecule has 20 heavy (non-hydrogen) atoms. The topological polar surface area (TPSA) is 47.6 Å². The number of benzene rings is 1. The number of nitrogens with two attached hydrogens (primary N) is 1. The number of rotatable bonds is 8. The van der Waals surface area contributed by atoms with E-state index in [-0.39, 0.29) is 6.10 Å². The summed E-state index contributed by atoms with van der Waals surface area (Å²) in [4.78, 5) is 5.63. The van der Waals surface area contributed by atoms with Crippen molar-refractivity contribution in [2.75, 3.05) is 0 Å². The third-order valence-corrected chi connectivity index (χ3v) is 3.07. The molecular formula is C17H26N2O. The summed E-state index contributed by atoms with van der Waals surface area (Å²) < 4.78 is 0. The molecule has 2 N–H and O–H groups in total. The summed E-state index contributed by atoms with van der Waals surface area (Å²) in [6.45, 7) is 9.82. The van der Waals surface area contributed by atoms with E-state index in [1.54, 1.807) is 6.08 Å². The van der Waals surface area contributed by atoms with Crippen LogP contribution in [0.4, 0.5) is 0 Å². The van der Waals surface area contributed by atoms with E-state index in [2.05, 4.69) is 30.8 Å². The number of hydrogen-bond donors (Lipinski definition) is 1. The van der Waals surface area contributed by atoms with Crippen LogP contribution in [0, 0.1) is 0 Å². The number of nitrogens with zero attached hydrogens (tertiary/aromatic N) is 1. The lowest BCUT2D eigenvalue weighted by Crippen LogP contribution is -2.41. The SMILES string of the molecule is C=CC(Cc1ccccc1)O/N=C(\CCC)C(C)(C)N. The van der Waals surface area contributed by atoms with Crippen molar-refractivity contribution in [3.8, 4) is 0 Å². The van der Waals surface area contributed by atoms with E-state index >= 15 is 0 Å². The second-order valence-corrected chi connectivity index (χ2v) is 5.58. The van der Waals surface area contributed by atoms with Gasteiger partial charge in [0, 0.05) is 6.42 Å². The van der Waals surface area contributed by atoms with Gasteiger partial charge in [-0.05, 0) is 31.9 Å². The van der Waals surface area contributed by atoms with Crippen LogP contribution in [0.2, 0.25) is 0 Å². The fourth-order valence-corrected chi connectivity index (χ4v) is 1.86. The lowest BCUT2D eigenvalue weighted by atomic mass is 9.96. The first-order chi connectivity index (χ1) is 9.47. The number of oxime groups is 1. The molecule has 1 atom stereocenters. The lowest BCUT2D eigenvalue weighted by Gasteiger charge is -2.21. The standard InChI is InChI=1S/C17H26N2O/c1-5-10-16(17(3,4)18)19-20-15(6-2)13-14-11-8-7-9-12-14/h6-9,11-12,15H,2,5,10,13,18H2,1,3-4H3/b19-16+. The molecule has 3 heteroatoms. The Kier molecular flexibility index (Phi) is 6.46. The second kappa shape index (κ2) is 7.85. The van der Waals surface area contributed by atoms with E-state index in [1.165, 1.54) is 5.56 Å². The van der Waals surface area contributed by atoms with Crippen molar-refractivity contribution in [1.82, 2.24) is 0 Å². The zero-order chi connectivity index (χ0) is 15.0. The Morgan fingerprint density at radius 3 is 2.55 bits per heavy atom. The van der Waals surface area contributed by atoms with Gasteiger partial charge in [0.1, 0.15) is 6.10 Å². The molecule has 0 saturated carbocycles. The van der Waals surface area contributed by atoms with Crippen LogP contribution in [-0.4, -0.2) is 17.4 Å². The molecule has 1 aromatic rings. The van der Waals surface area contributed by atoms with E-state index in [0.29, 0.717) is 0 Å². The van der Waals surface area contributed by atoms with E-state index in [4.69, 9.17) is 10.6 Å². The lowest BCUT2D eigenvalue weighted by molar-refractivity contribution is 0.0910. The zero-order valence-electron chi connectivity index (χ0n) is 12.8. The van der Waals surface area contributed by atoms with Crippen LogP contribution in [0.5, 0.6) is 0 Å². The summed E-state index contributed by atoms with van der Waals surface area (Å²) in [5, 5.41) is 4.27. The molecule has 1 unspecified atom stereocenters. The van der Waals surface area contributed by atoms with Crippen molar-refractivity contribution in [2.24, 2.45) is 10.9 Å². The van der Waals surface area contributed by atoms with Crippen molar-refractivity contribution < 1.29 is 4.84 Å². The summed E-state index contributed by atoms with van der Waals surface area (Å²) in [6, 6.07) is 10.2. The molecule has 0 saturated heterocycles. The normalized spacial score (nSPS) is 13.9. The van der Waals surface area contributed by atoms with Crippen LogP contribution < -0.4 is 5.73 Å². The Labute approximate surface area is 122 Å². The molecule has 0 heterocycles. The maximum atomic E-state index is 6.11. The third-order valence-electron chi connectivity index (χ3n) is 3.07. The average molecular weight is 274 g/mol. The molecule has 0 radical (unpaired) electrons. The molecule has 110 valence electrons. The highest BCUT2D eigenvalue weighted by atomic mass is 16.6. The third kappa shape index (κ3) is 5.57. The zero-order valence-corrected chi connectivity index (χ0v) is 12.8. The Balaban J connectivity index is 2.70. The predicted molar refractivity (Wildman–Crippen MR) is 85.8 cm³/mol. The van der Waals surface area contributed by atoms with Gasteiger partial charge in [0.05, 0.1) is 11.3 Å². The average Bonchev–Trinajstić information content (AvgIpc) is 2.41. The van der Waals surface area contributed by atoms with Gasteiger partial charge in [-0.3, -0.25) is 0 Å². The summed E-state index contributed by atoms with van der Waals surface area (Å²) in [7, 11) is 0. The Bertz CT molecular complexity index is 432. The predicted octanol–water partition coefficient (Wildman–Crippen LogP) is 3.69. The Hall–Kier alpha value is -1.61. The van der Waals surface area contributed by atoms with E-state index < -0.39 is 5.54 Å². The molecule has 3 nitrogen and oxygen atoms in total. The first-order valence-corrected chi connectivity index (χ1v) is 7.16. The molecule has 1 aromatic carbocycles. The fourth-order valence-electron chi connectivity index (χ4n) is 1.86. The van der Waals surface area contributed by atoms with Gasteiger partial charge in [0.25, 0.3) is 0 Å². The van der Waals surface area contributed by atoms with Crippen LogP contribution in [-0.2, 0) is 11.3 Å². The first-order valence-electron chi connectivity index (χ1n) is 7.16. The van der Waals surface area contributed by atoms with Gasteiger partial charge in [-0.15, -0.1) is 0 Å². The van der Waals surface area contributed by atoms with Gasteiger partial charge < -0.3 is 10.6 Å².